The first kappa shape index (κ1) is 12.2. The number of hydrogen-bond acceptors (Lipinski definition) is 4. The fourth-order valence-corrected chi connectivity index (χ4v) is 3.30. The summed E-state index contributed by atoms with van der Waals surface area (Å²) in [7, 11) is 0. The van der Waals surface area contributed by atoms with E-state index in [1.54, 1.807) is 0 Å². The lowest BCUT2D eigenvalue weighted by molar-refractivity contribution is -0.138. The molecule has 0 unspecified atom stereocenters. The molecule has 4 nitrogen and oxygen atoms in total. The quantitative estimate of drug-likeness (QED) is 0.935. The third kappa shape index (κ3) is 2.33. The Morgan fingerprint density at radius 2 is 2.16 bits per heavy atom. The molecule has 1 aliphatic heterocycles. The van der Waals surface area contributed by atoms with Gasteiger partial charge in [0.1, 0.15) is 6.04 Å². The topological polar surface area (TPSA) is 53.4 Å². The highest BCUT2D eigenvalue weighted by molar-refractivity contribution is 7.14. The van der Waals surface area contributed by atoms with E-state index in [0.29, 0.717) is 6.42 Å². The molecule has 5 heteroatoms. The number of thiazole rings is 1. The average Bonchev–Trinajstić information content (AvgIpc) is 3.08. The van der Waals surface area contributed by atoms with Crippen LogP contribution in [0.25, 0.3) is 11.3 Å². The highest BCUT2D eigenvalue weighted by atomic mass is 32.1. The maximum absolute atomic E-state index is 11.2. The number of aromatic nitrogens is 1. The van der Waals surface area contributed by atoms with Gasteiger partial charge < -0.3 is 10.0 Å². The summed E-state index contributed by atoms with van der Waals surface area (Å²) in [4.78, 5) is 17.7. The van der Waals surface area contributed by atoms with Gasteiger partial charge in [-0.3, -0.25) is 0 Å². The zero-order chi connectivity index (χ0) is 13.2. The molecule has 2 aromatic rings. The third-order valence-electron chi connectivity index (χ3n) is 3.35. The van der Waals surface area contributed by atoms with Gasteiger partial charge in [0.15, 0.2) is 5.13 Å². The molecule has 1 aromatic heterocycles. The summed E-state index contributed by atoms with van der Waals surface area (Å²) in [6.07, 6.45) is 1.62. The van der Waals surface area contributed by atoms with Crippen molar-refractivity contribution in [1.29, 1.82) is 0 Å². The molecule has 1 saturated heterocycles. The van der Waals surface area contributed by atoms with Crippen molar-refractivity contribution < 1.29 is 9.90 Å². The smallest absolute Gasteiger partial charge is 0.326 e. The summed E-state index contributed by atoms with van der Waals surface area (Å²) in [6, 6.07) is 9.52. The number of rotatable bonds is 3. The Hall–Kier alpha value is -1.88. The summed E-state index contributed by atoms with van der Waals surface area (Å²) < 4.78 is 0. The van der Waals surface area contributed by atoms with Crippen LogP contribution in [0.15, 0.2) is 35.7 Å². The van der Waals surface area contributed by atoms with Crippen molar-refractivity contribution in [2.75, 3.05) is 11.4 Å². The minimum absolute atomic E-state index is 0.422. The van der Waals surface area contributed by atoms with Crippen molar-refractivity contribution >= 4 is 22.4 Å². The first-order valence-corrected chi connectivity index (χ1v) is 7.14. The van der Waals surface area contributed by atoms with Crippen LogP contribution in [0.1, 0.15) is 12.8 Å². The van der Waals surface area contributed by atoms with Crippen molar-refractivity contribution in [2.45, 2.75) is 18.9 Å². The first-order chi connectivity index (χ1) is 9.25. The van der Waals surface area contributed by atoms with E-state index in [1.165, 1.54) is 11.3 Å². The second-order valence-corrected chi connectivity index (χ2v) is 5.41. The molecule has 0 aliphatic carbocycles. The third-order valence-corrected chi connectivity index (χ3v) is 4.22. The molecule has 0 radical (unpaired) electrons. The van der Waals surface area contributed by atoms with Gasteiger partial charge in [-0.25, -0.2) is 9.78 Å². The number of nitrogens with zero attached hydrogens (tertiary/aromatic N) is 2. The van der Waals surface area contributed by atoms with Gasteiger partial charge in [0.25, 0.3) is 0 Å². The maximum atomic E-state index is 11.2. The van der Waals surface area contributed by atoms with Gasteiger partial charge in [0.05, 0.1) is 5.69 Å². The van der Waals surface area contributed by atoms with Gasteiger partial charge in [0, 0.05) is 17.5 Å². The molecule has 2 heterocycles. The van der Waals surface area contributed by atoms with E-state index in [9.17, 15) is 9.90 Å². The Morgan fingerprint density at radius 3 is 2.89 bits per heavy atom. The number of hydrogen-bond donors (Lipinski definition) is 1. The molecular weight excluding hydrogens is 260 g/mol. The monoisotopic (exact) mass is 274 g/mol. The van der Waals surface area contributed by atoms with Crippen LogP contribution in [-0.4, -0.2) is 28.6 Å². The number of aliphatic carboxylic acids is 1. The number of anilines is 1. The Labute approximate surface area is 115 Å². The molecule has 1 aliphatic rings. The molecule has 19 heavy (non-hydrogen) atoms. The van der Waals surface area contributed by atoms with E-state index in [-0.39, 0.29) is 0 Å². The van der Waals surface area contributed by atoms with E-state index in [2.05, 4.69) is 4.98 Å². The average molecular weight is 274 g/mol. The first-order valence-electron chi connectivity index (χ1n) is 6.26. The van der Waals surface area contributed by atoms with Gasteiger partial charge in [-0.05, 0) is 12.8 Å². The summed E-state index contributed by atoms with van der Waals surface area (Å²) >= 11 is 1.51. The predicted octanol–water partition coefficient (Wildman–Crippen LogP) is 2.86. The maximum Gasteiger partial charge on any atom is 0.326 e. The van der Waals surface area contributed by atoms with Gasteiger partial charge in [-0.2, -0.15) is 0 Å². The van der Waals surface area contributed by atoms with Crippen LogP contribution in [0, 0.1) is 0 Å². The normalized spacial score (nSPS) is 18.7. The zero-order valence-electron chi connectivity index (χ0n) is 10.3. The molecule has 1 aromatic carbocycles. The standard InChI is InChI=1S/C14H14N2O2S/c17-13(18)12-7-4-8-16(12)14-15-11(9-19-14)10-5-2-1-3-6-10/h1-3,5-6,9,12H,4,7-8H2,(H,17,18)/t12-/m0/s1. The van der Waals surface area contributed by atoms with Crippen LogP contribution >= 0.6 is 11.3 Å². The second kappa shape index (κ2) is 5.01. The SMILES string of the molecule is O=C(O)[C@@H]1CCCN1c1nc(-c2ccccc2)cs1. The highest BCUT2D eigenvalue weighted by Crippen LogP contribution is 2.31. The van der Waals surface area contributed by atoms with Crippen LogP contribution in [0.4, 0.5) is 5.13 Å². The van der Waals surface area contributed by atoms with E-state index in [0.717, 1.165) is 29.4 Å². The van der Waals surface area contributed by atoms with Crippen LogP contribution in [0.5, 0.6) is 0 Å². The van der Waals surface area contributed by atoms with E-state index < -0.39 is 12.0 Å². The van der Waals surface area contributed by atoms with Crippen molar-refractivity contribution in [3.8, 4) is 11.3 Å². The Kier molecular flexibility index (Phi) is 3.21. The van der Waals surface area contributed by atoms with Crippen molar-refractivity contribution in [1.82, 2.24) is 4.98 Å². The fraction of sp³-hybridized carbons (Fsp3) is 0.286. The lowest BCUT2D eigenvalue weighted by Crippen LogP contribution is -2.35. The fourth-order valence-electron chi connectivity index (χ4n) is 2.39. The summed E-state index contributed by atoms with van der Waals surface area (Å²) in [5.74, 6) is -0.756. The number of carbonyl (C=O) groups is 1. The summed E-state index contributed by atoms with van der Waals surface area (Å²) in [5, 5.41) is 12.0. The molecule has 3 rings (SSSR count). The lowest BCUT2D eigenvalue weighted by atomic mass is 10.2. The van der Waals surface area contributed by atoms with Gasteiger partial charge in [-0.15, -0.1) is 11.3 Å². The molecule has 98 valence electrons. The van der Waals surface area contributed by atoms with Crippen molar-refractivity contribution in [3.05, 3.63) is 35.7 Å². The zero-order valence-corrected chi connectivity index (χ0v) is 11.1. The molecule has 0 saturated carbocycles. The predicted molar refractivity (Wildman–Crippen MR) is 75.6 cm³/mol. The highest BCUT2D eigenvalue weighted by Gasteiger charge is 2.32. The van der Waals surface area contributed by atoms with Crippen molar-refractivity contribution in [2.24, 2.45) is 0 Å². The summed E-state index contributed by atoms with van der Waals surface area (Å²) in [6.45, 7) is 0.776. The lowest BCUT2D eigenvalue weighted by Gasteiger charge is -2.19. The molecular formula is C14H14N2O2S. The Balaban J connectivity index is 1.87. The van der Waals surface area contributed by atoms with E-state index in [4.69, 9.17) is 0 Å². The van der Waals surface area contributed by atoms with Crippen LogP contribution in [0.2, 0.25) is 0 Å². The molecule has 0 bridgehead atoms. The number of carboxylic acids is 1. The minimum Gasteiger partial charge on any atom is -0.480 e. The van der Waals surface area contributed by atoms with E-state index >= 15 is 0 Å². The summed E-state index contributed by atoms with van der Waals surface area (Å²) in [5.41, 5.74) is 1.98. The minimum atomic E-state index is -0.756. The second-order valence-electron chi connectivity index (χ2n) is 4.57. The number of carboxylic acid groups (broad SMARTS) is 1. The van der Waals surface area contributed by atoms with Crippen LogP contribution in [-0.2, 0) is 4.79 Å². The van der Waals surface area contributed by atoms with E-state index in [1.807, 2.05) is 40.6 Å². The number of benzene rings is 1. The molecule has 1 N–H and O–H groups in total. The van der Waals surface area contributed by atoms with Crippen molar-refractivity contribution in [3.63, 3.8) is 0 Å². The molecule has 1 atom stereocenters. The molecule has 0 spiro atoms. The van der Waals surface area contributed by atoms with Crippen LogP contribution < -0.4 is 4.90 Å². The Bertz CT molecular complexity index is 582. The van der Waals surface area contributed by atoms with Gasteiger partial charge in [-0.1, -0.05) is 30.3 Å². The molecule has 1 fully saturated rings. The largest absolute Gasteiger partial charge is 0.480 e. The van der Waals surface area contributed by atoms with Gasteiger partial charge in [0.2, 0.25) is 0 Å². The van der Waals surface area contributed by atoms with Gasteiger partial charge >= 0.3 is 5.97 Å². The molecule has 0 amide bonds. The Morgan fingerprint density at radius 1 is 1.37 bits per heavy atom. The van der Waals surface area contributed by atoms with Crippen LogP contribution in [0.3, 0.4) is 0 Å².